The van der Waals surface area contributed by atoms with E-state index in [4.69, 9.17) is 0 Å². The standard InChI is InChI=1S/C12H16N2O2S/c15-14(16)12-7-2-1-6-11(12)13-9-10-5-3-4-8-17-10/h1-2,6-7,10,13H,3-5,8-9H2. The summed E-state index contributed by atoms with van der Waals surface area (Å²) in [5.41, 5.74) is 0.789. The van der Waals surface area contributed by atoms with Gasteiger partial charge in [-0.1, -0.05) is 18.6 Å². The molecule has 92 valence electrons. The van der Waals surface area contributed by atoms with Crippen molar-refractivity contribution < 1.29 is 4.92 Å². The van der Waals surface area contributed by atoms with Crippen molar-refractivity contribution in [2.45, 2.75) is 24.5 Å². The highest BCUT2D eigenvalue weighted by Crippen LogP contribution is 2.27. The molecule has 1 aliphatic rings. The Hall–Kier alpha value is -1.23. The summed E-state index contributed by atoms with van der Waals surface area (Å²) < 4.78 is 0. The molecule has 1 aromatic rings. The third kappa shape index (κ3) is 3.36. The van der Waals surface area contributed by atoms with Crippen molar-refractivity contribution in [1.82, 2.24) is 0 Å². The van der Waals surface area contributed by atoms with Crippen LogP contribution in [0.5, 0.6) is 0 Å². The van der Waals surface area contributed by atoms with E-state index in [9.17, 15) is 10.1 Å². The van der Waals surface area contributed by atoms with E-state index in [-0.39, 0.29) is 10.6 Å². The number of nitrogens with one attached hydrogen (secondary N) is 1. The first-order valence-electron chi connectivity index (χ1n) is 5.86. The van der Waals surface area contributed by atoms with Gasteiger partial charge >= 0.3 is 0 Å². The lowest BCUT2D eigenvalue weighted by Gasteiger charge is -2.21. The lowest BCUT2D eigenvalue weighted by molar-refractivity contribution is -0.384. The van der Waals surface area contributed by atoms with Crippen LogP contribution in [-0.4, -0.2) is 22.5 Å². The minimum atomic E-state index is -0.337. The van der Waals surface area contributed by atoms with Crippen LogP contribution in [0.25, 0.3) is 0 Å². The van der Waals surface area contributed by atoms with Gasteiger partial charge in [0.05, 0.1) is 4.92 Å². The monoisotopic (exact) mass is 252 g/mol. The molecule has 0 aromatic heterocycles. The van der Waals surface area contributed by atoms with Crippen molar-refractivity contribution in [2.75, 3.05) is 17.6 Å². The molecule has 1 unspecified atom stereocenters. The van der Waals surface area contributed by atoms with E-state index in [0.29, 0.717) is 10.9 Å². The van der Waals surface area contributed by atoms with Crippen LogP contribution in [0, 0.1) is 10.1 Å². The van der Waals surface area contributed by atoms with Gasteiger partial charge in [-0.2, -0.15) is 11.8 Å². The van der Waals surface area contributed by atoms with E-state index in [1.54, 1.807) is 12.1 Å². The third-order valence-corrected chi connectivity index (χ3v) is 4.29. The highest BCUT2D eigenvalue weighted by Gasteiger charge is 2.16. The minimum Gasteiger partial charge on any atom is -0.378 e. The lowest BCUT2D eigenvalue weighted by atomic mass is 10.2. The Labute approximate surface area is 105 Å². The van der Waals surface area contributed by atoms with Crippen molar-refractivity contribution in [3.8, 4) is 0 Å². The molecule has 1 aromatic carbocycles. The number of nitrogens with zero attached hydrogens (tertiary/aromatic N) is 1. The Kier molecular flexibility index (Phi) is 4.25. The zero-order valence-electron chi connectivity index (χ0n) is 9.59. The summed E-state index contributed by atoms with van der Waals surface area (Å²) in [6.45, 7) is 0.815. The first kappa shape index (κ1) is 12.2. The second-order valence-electron chi connectivity index (χ2n) is 4.14. The molecular weight excluding hydrogens is 236 g/mol. The number of nitro groups is 1. The van der Waals surface area contributed by atoms with E-state index >= 15 is 0 Å². The Balaban J connectivity index is 1.96. The highest BCUT2D eigenvalue weighted by atomic mass is 32.2. The second-order valence-corrected chi connectivity index (χ2v) is 5.55. The van der Waals surface area contributed by atoms with Crippen molar-refractivity contribution in [3.05, 3.63) is 34.4 Å². The van der Waals surface area contributed by atoms with E-state index in [0.717, 1.165) is 6.54 Å². The number of anilines is 1. The lowest BCUT2D eigenvalue weighted by Crippen LogP contribution is -2.20. The Morgan fingerprint density at radius 2 is 2.24 bits per heavy atom. The quantitative estimate of drug-likeness (QED) is 0.660. The van der Waals surface area contributed by atoms with Crippen molar-refractivity contribution in [1.29, 1.82) is 0 Å². The number of hydrogen-bond acceptors (Lipinski definition) is 4. The van der Waals surface area contributed by atoms with Gasteiger partial charge < -0.3 is 5.32 Å². The summed E-state index contributed by atoms with van der Waals surface area (Å²) in [4.78, 5) is 10.5. The van der Waals surface area contributed by atoms with Gasteiger partial charge in [0, 0.05) is 17.9 Å². The maximum atomic E-state index is 10.8. The Morgan fingerprint density at radius 3 is 2.94 bits per heavy atom. The van der Waals surface area contributed by atoms with Crippen LogP contribution in [0.2, 0.25) is 0 Å². The van der Waals surface area contributed by atoms with Crippen LogP contribution >= 0.6 is 11.8 Å². The van der Waals surface area contributed by atoms with Crippen LogP contribution in [0.15, 0.2) is 24.3 Å². The molecule has 2 rings (SSSR count). The molecule has 1 fully saturated rings. The zero-order chi connectivity index (χ0) is 12.1. The molecule has 4 nitrogen and oxygen atoms in total. The molecule has 0 radical (unpaired) electrons. The fraction of sp³-hybridized carbons (Fsp3) is 0.500. The molecule has 0 spiro atoms. The Morgan fingerprint density at radius 1 is 1.41 bits per heavy atom. The third-order valence-electron chi connectivity index (χ3n) is 2.89. The van der Waals surface area contributed by atoms with Gasteiger partial charge in [0.2, 0.25) is 0 Å². The molecule has 0 amide bonds. The van der Waals surface area contributed by atoms with Gasteiger partial charge in [-0.3, -0.25) is 10.1 Å². The van der Waals surface area contributed by atoms with Crippen molar-refractivity contribution in [2.24, 2.45) is 0 Å². The molecule has 1 saturated heterocycles. The fourth-order valence-corrected chi connectivity index (χ4v) is 3.21. The summed E-state index contributed by atoms with van der Waals surface area (Å²) >= 11 is 1.96. The summed E-state index contributed by atoms with van der Waals surface area (Å²) in [5.74, 6) is 1.21. The fourth-order valence-electron chi connectivity index (χ4n) is 1.97. The highest BCUT2D eigenvalue weighted by molar-refractivity contribution is 7.99. The van der Waals surface area contributed by atoms with Crippen LogP contribution in [0.3, 0.4) is 0 Å². The molecule has 1 atom stereocenters. The molecule has 1 heterocycles. The van der Waals surface area contributed by atoms with Gasteiger partial charge in [0.1, 0.15) is 5.69 Å². The zero-order valence-corrected chi connectivity index (χ0v) is 10.4. The summed E-state index contributed by atoms with van der Waals surface area (Å²) in [5, 5.41) is 14.6. The van der Waals surface area contributed by atoms with Crippen LogP contribution in [0.4, 0.5) is 11.4 Å². The van der Waals surface area contributed by atoms with E-state index in [1.165, 1.54) is 31.1 Å². The van der Waals surface area contributed by atoms with Crippen LogP contribution in [-0.2, 0) is 0 Å². The van der Waals surface area contributed by atoms with Crippen LogP contribution < -0.4 is 5.32 Å². The van der Waals surface area contributed by atoms with Gasteiger partial charge in [-0.05, 0) is 24.7 Å². The first-order chi connectivity index (χ1) is 8.27. The first-order valence-corrected chi connectivity index (χ1v) is 6.91. The SMILES string of the molecule is O=[N+]([O-])c1ccccc1NCC1CCCCS1. The predicted octanol–water partition coefficient (Wildman–Crippen LogP) is 3.29. The maximum absolute atomic E-state index is 10.8. The van der Waals surface area contributed by atoms with Crippen molar-refractivity contribution >= 4 is 23.1 Å². The number of benzene rings is 1. The van der Waals surface area contributed by atoms with Gasteiger partial charge in [0.25, 0.3) is 5.69 Å². The second kappa shape index (κ2) is 5.91. The number of thioether (sulfide) groups is 1. The molecule has 5 heteroatoms. The average molecular weight is 252 g/mol. The molecule has 0 aliphatic carbocycles. The molecule has 17 heavy (non-hydrogen) atoms. The van der Waals surface area contributed by atoms with Gasteiger partial charge in [-0.15, -0.1) is 0 Å². The molecule has 0 saturated carbocycles. The maximum Gasteiger partial charge on any atom is 0.292 e. The van der Waals surface area contributed by atoms with E-state index in [1.807, 2.05) is 17.8 Å². The largest absolute Gasteiger partial charge is 0.378 e. The van der Waals surface area contributed by atoms with Gasteiger partial charge in [0.15, 0.2) is 0 Å². The molecule has 0 bridgehead atoms. The van der Waals surface area contributed by atoms with Crippen LogP contribution in [0.1, 0.15) is 19.3 Å². The number of para-hydroxylation sites is 2. The number of hydrogen-bond donors (Lipinski definition) is 1. The average Bonchev–Trinajstić information content (AvgIpc) is 2.38. The van der Waals surface area contributed by atoms with E-state index < -0.39 is 0 Å². The summed E-state index contributed by atoms with van der Waals surface area (Å²) in [6, 6.07) is 6.82. The number of nitro benzene ring substituents is 1. The van der Waals surface area contributed by atoms with Crippen molar-refractivity contribution in [3.63, 3.8) is 0 Å². The summed E-state index contributed by atoms with van der Waals surface area (Å²) in [6.07, 6.45) is 3.78. The summed E-state index contributed by atoms with van der Waals surface area (Å²) in [7, 11) is 0. The van der Waals surface area contributed by atoms with E-state index in [2.05, 4.69) is 5.32 Å². The normalized spacial score (nSPS) is 19.9. The number of rotatable bonds is 4. The Bertz CT molecular complexity index is 392. The predicted molar refractivity (Wildman–Crippen MR) is 71.7 cm³/mol. The van der Waals surface area contributed by atoms with Gasteiger partial charge in [-0.25, -0.2) is 0 Å². The minimum absolute atomic E-state index is 0.160. The molecular formula is C12H16N2O2S. The molecule has 1 N–H and O–H groups in total. The molecule has 1 aliphatic heterocycles. The topological polar surface area (TPSA) is 55.2 Å². The smallest absolute Gasteiger partial charge is 0.292 e.